The molecule has 0 fully saturated rings. The van der Waals surface area contributed by atoms with E-state index >= 15 is 0 Å². The molecule has 0 amide bonds. The van der Waals surface area contributed by atoms with Crippen LogP contribution in [0.2, 0.25) is 0 Å². The Kier molecular flexibility index (Phi) is 5.78. The van der Waals surface area contributed by atoms with Gasteiger partial charge < -0.3 is 20.1 Å². The molecule has 4 nitrogen and oxygen atoms in total. The predicted octanol–water partition coefficient (Wildman–Crippen LogP) is -0.886. The highest BCUT2D eigenvalue weighted by Crippen LogP contribution is 2.12. The van der Waals surface area contributed by atoms with Crippen LogP contribution in [-0.2, 0) is 4.79 Å². The van der Waals surface area contributed by atoms with Crippen molar-refractivity contribution in [2.45, 2.75) is 23.7 Å². The lowest BCUT2D eigenvalue weighted by Gasteiger charge is -2.21. The summed E-state index contributed by atoms with van der Waals surface area (Å²) < 4.78 is 0. The van der Waals surface area contributed by atoms with Crippen molar-refractivity contribution >= 4 is 29.5 Å². The third-order valence-electron chi connectivity index (χ3n) is 1.34. The van der Waals surface area contributed by atoms with Crippen LogP contribution in [0.4, 0.5) is 0 Å². The highest BCUT2D eigenvalue weighted by atomic mass is 35.5. The Morgan fingerprint density at radius 3 is 2.17 bits per heavy atom. The summed E-state index contributed by atoms with van der Waals surface area (Å²) in [7, 11) is 0. The summed E-state index contributed by atoms with van der Waals surface area (Å²) in [5, 5.41) is 25.7. The third-order valence-corrected chi connectivity index (χ3v) is 2.21. The van der Waals surface area contributed by atoms with Crippen LogP contribution in [0, 0.1) is 0 Å². The van der Waals surface area contributed by atoms with Crippen molar-refractivity contribution in [1.82, 2.24) is 0 Å². The fourth-order valence-corrected chi connectivity index (χ4v) is 1.10. The van der Waals surface area contributed by atoms with E-state index in [2.05, 4.69) is 0 Å². The number of carbonyl (C=O) groups excluding carboxylic acids is 1. The Hall–Kier alpha value is 0.130. The summed E-state index contributed by atoms with van der Waals surface area (Å²) in [6.45, 7) is 0. The molecule has 0 aliphatic heterocycles. The van der Waals surface area contributed by atoms with Gasteiger partial charge in [-0.15, -0.1) is 23.2 Å². The number of aliphatic hydroxyl groups is 3. The Labute approximate surface area is 79.7 Å². The van der Waals surface area contributed by atoms with Crippen LogP contribution in [0.3, 0.4) is 0 Å². The average molecular weight is 217 g/mol. The fraction of sp³-hybridized carbons (Fsp3) is 0.833. The molecular weight excluding hydrogens is 207 g/mol. The first-order valence-corrected chi connectivity index (χ1v) is 4.21. The summed E-state index contributed by atoms with van der Waals surface area (Å²) in [5.74, 6) is -0.170. The van der Waals surface area contributed by atoms with E-state index in [0.717, 1.165) is 0 Å². The maximum atomic E-state index is 9.98. The van der Waals surface area contributed by atoms with E-state index < -0.39 is 23.7 Å². The summed E-state index contributed by atoms with van der Waals surface area (Å²) in [6, 6.07) is 0. The van der Waals surface area contributed by atoms with E-state index in [1.807, 2.05) is 0 Å². The molecule has 0 rings (SSSR count). The molecule has 0 saturated carbocycles. The van der Waals surface area contributed by atoms with Crippen LogP contribution >= 0.6 is 23.2 Å². The second kappa shape index (κ2) is 5.72. The number of alkyl halides is 2. The lowest BCUT2D eigenvalue weighted by molar-refractivity contribution is -0.120. The molecule has 0 bridgehead atoms. The van der Waals surface area contributed by atoms with Gasteiger partial charge in [0.2, 0.25) is 0 Å². The van der Waals surface area contributed by atoms with Gasteiger partial charge in [-0.1, -0.05) is 0 Å². The van der Waals surface area contributed by atoms with Crippen LogP contribution in [0.5, 0.6) is 0 Å². The molecule has 0 aliphatic carbocycles. The Bertz CT molecular complexity index is 144. The lowest BCUT2D eigenvalue weighted by Crippen LogP contribution is -2.42. The van der Waals surface area contributed by atoms with Crippen LogP contribution in [0.15, 0.2) is 0 Å². The third kappa shape index (κ3) is 3.25. The molecule has 0 aliphatic rings. The van der Waals surface area contributed by atoms with Crippen molar-refractivity contribution in [3.8, 4) is 0 Å². The van der Waals surface area contributed by atoms with E-state index in [4.69, 9.17) is 38.5 Å². The van der Waals surface area contributed by atoms with Crippen molar-refractivity contribution in [2.24, 2.45) is 0 Å². The molecule has 4 unspecified atom stereocenters. The maximum absolute atomic E-state index is 9.98. The minimum atomic E-state index is -1.59. The Morgan fingerprint density at radius 2 is 1.83 bits per heavy atom. The number of halogens is 2. The molecule has 0 spiro atoms. The van der Waals surface area contributed by atoms with Crippen LogP contribution in [0.25, 0.3) is 0 Å². The molecule has 0 heterocycles. The molecule has 0 aromatic rings. The first-order valence-electron chi connectivity index (χ1n) is 3.24. The first kappa shape index (κ1) is 12.1. The van der Waals surface area contributed by atoms with Gasteiger partial charge in [-0.25, -0.2) is 0 Å². The quantitative estimate of drug-likeness (QED) is 0.412. The van der Waals surface area contributed by atoms with Gasteiger partial charge in [0.25, 0.3) is 0 Å². The number of hydrogen-bond acceptors (Lipinski definition) is 4. The minimum absolute atomic E-state index is 0.140. The summed E-state index contributed by atoms with van der Waals surface area (Å²) in [4.78, 5) is 9.98. The SMILES string of the molecule is O=CC(O)C(O)C(Cl)C(O)CCl. The van der Waals surface area contributed by atoms with Crippen molar-refractivity contribution < 1.29 is 20.1 Å². The average Bonchev–Trinajstić information content (AvgIpc) is 2.12. The van der Waals surface area contributed by atoms with Gasteiger partial charge in [-0.05, 0) is 0 Å². The van der Waals surface area contributed by atoms with Crippen LogP contribution in [0.1, 0.15) is 0 Å². The first-order chi connectivity index (χ1) is 5.54. The zero-order valence-electron chi connectivity index (χ0n) is 6.10. The fourth-order valence-electron chi connectivity index (χ4n) is 0.582. The van der Waals surface area contributed by atoms with Gasteiger partial charge in [0.1, 0.15) is 12.2 Å². The van der Waals surface area contributed by atoms with Gasteiger partial charge in [0.15, 0.2) is 6.29 Å². The summed E-state index contributed by atoms with van der Waals surface area (Å²) in [6.07, 6.45) is -4.11. The molecule has 3 N–H and O–H groups in total. The monoisotopic (exact) mass is 216 g/mol. The second-order valence-corrected chi connectivity index (χ2v) is 3.10. The zero-order valence-corrected chi connectivity index (χ0v) is 7.61. The Morgan fingerprint density at radius 1 is 1.33 bits per heavy atom. The normalized spacial score (nSPS) is 21.1. The highest BCUT2D eigenvalue weighted by molar-refractivity contribution is 6.23. The smallest absolute Gasteiger partial charge is 0.151 e. The van der Waals surface area contributed by atoms with Crippen LogP contribution in [-0.4, -0.2) is 51.2 Å². The summed E-state index contributed by atoms with van der Waals surface area (Å²) in [5.41, 5.74) is 0. The van der Waals surface area contributed by atoms with Gasteiger partial charge >= 0.3 is 0 Å². The number of aldehydes is 1. The lowest BCUT2D eigenvalue weighted by atomic mass is 10.1. The van der Waals surface area contributed by atoms with E-state index in [0.29, 0.717) is 0 Å². The zero-order chi connectivity index (χ0) is 9.72. The van der Waals surface area contributed by atoms with Crippen molar-refractivity contribution in [3.63, 3.8) is 0 Å². The highest BCUT2D eigenvalue weighted by Gasteiger charge is 2.29. The van der Waals surface area contributed by atoms with E-state index in [9.17, 15) is 4.79 Å². The minimum Gasteiger partial charge on any atom is -0.390 e. The number of rotatable bonds is 5. The summed E-state index contributed by atoms with van der Waals surface area (Å²) >= 11 is 10.7. The van der Waals surface area contributed by atoms with E-state index in [1.54, 1.807) is 0 Å². The molecule has 4 atom stereocenters. The second-order valence-electron chi connectivity index (χ2n) is 2.28. The standard InChI is InChI=1S/C6H10Cl2O4/c7-1-3(10)5(8)6(12)4(11)2-9/h2-6,10-12H,1H2. The van der Waals surface area contributed by atoms with Gasteiger partial charge in [0, 0.05) is 5.88 Å². The van der Waals surface area contributed by atoms with E-state index in [1.165, 1.54) is 0 Å². The molecule has 0 aromatic carbocycles. The predicted molar refractivity (Wildman–Crippen MR) is 44.4 cm³/mol. The van der Waals surface area contributed by atoms with Crippen molar-refractivity contribution in [3.05, 3.63) is 0 Å². The maximum Gasteiger partial charge on any atom is 0.151 e. The van der Waals surface area contributed by atoms with Gasteiger partial charge in [-0.3, -0.25) is 0 Å². The number of carbonyl (C=O) groups is 1. The van der Waals surface area contributed by atoms with Crippen LogP contribution < -0.4 is 0 Å². The molecule has 72 valence electrons. The molecule has 0 aromatic heterocycles. The largest absolute Gasteiger partial charge is 0.390 e. The van der Waals surface area contributed by atoms with Crippen molar-refractivity contribution in [1.29, 1.82) is 0 Å². The topological polar surface area (TPSA) is 77.8 Å². The van der Waals surface area contributed by atoms with Crippen molar-refractivity contribution in [2.75, 3.05) is 5.88 Å². The number of hydrogen-bond donors (Lipinski definition) is 3. The molecular formula is C6H10Cl2O4. The molecule has 12 heavy (non-hydrogen) atoms. The van der Waals surface area contributed by atoms with E-state index in [-0.39, 0.29) is 12.2 Å². The Balaban J connectivity index is 4.07. The van der Waals surface area contributed by atoms with Gasteiger partial charge in [-0.2, -0.15) is 0 Å². The molecule has 6 heteroatoms. The van der Waals surface area contributed by atoms with Gasteiger partial charge in [0.05, 0.1) is 11.5 Å². The molecule has 0 radical (unpaired) electrons. The number of aliphatic hydroxyl groups excluding tert-OH is 3. The molecule has 0 saturated heterocycles.